The summed E-state index contributed by atoms with van der Waals surface area (Å²) in [6.45, 7) is 4.83. The van der Waals surface area contributed by atoms with Gasteiger partial charge in [-0.15, -0.1) is 0 Å². The summed E-state index contributed by atoms with van der Waals surface area (Å²) >= 11 is 0. The molecule has 0 spiro atoms. The summed E-state index contributed by atoms with van der Waals surface area (Å²) in [5.41, 5.74) is 2.38. The molecule has 0 aliphatic carbocycles. The van der Waals surface area contributed by atoms with Crippen LogP contribution in [0.3, 0.4) is 0 Å². The fourth-order valence-electron chi connectivity index (χ4n) is 2.78. The van der Waals surface area contributed by atoms with Crippen molar-refractivity contribution in [2.24, 2.45) is 0 Å². The number of hydrogen-bond acceptors (Lipinski definition) is 3. The van der Waals surface area contributed by atoms with Crippen molar-refractivity contribution in [2.45, 2.75) is 32.2 Å². The molecule has 0 radical (unpaired) electrons. The molecular formula is C16H24N2O2. The van der Waals surface area contributed by atoms with Crippen LogP contribution in [0.25, 0.3) is 0 Å². The van der Waals surface area contributed by atoms with Gasteiger partial charge in [-0.1, -0.05) is 17.7 Å². The van der Waals surface area contributed by atoms with Crippen LogP contribution in [0.2, 0.25) is 0 Å². The molecule has 1 heterocycles. The summed E-state index contributed by atoms with van der Waals surface area (Å²) < 4.78 is 0. The number of rotatable bonds is 5. The van der Waals surface area contributed by atoms with Crippen LogP contribution < -0.4 is 4.90 Å². The number of anilines is 1. The molecule has 2 rings (SSSR count). The minimum Gasteiger partial charge on any atom is -0.481 e. The lowest BCUT2D eigenvalue weighted by Crippen LogP contribution is -2.44. The standard InChI is InChI=1S/C16H24N2O2/c1-13-3-5-14(6-4-13)18(12-9-16(19)20)15-7-10-17(2)11-8-15/h3-6,15H,7-12H2,1-2H3,(H,19,20). The first-order chi connectivity index (χ1) is 9.56. The maximum absolute atomic E-state index is 10.9. The number of nitrogens with zero attached hydrogens (tertiary/aromatic N) is 2. The molecule has 110 valence electrons. The average Bonchev–Trinajstić information content (AvgIpc) is 2.42. The number of likely N-dealkylation sites (tertiary alicyclic amines) is 1. The summed E-state index contributed by atoms with van der Waals surface area (Å²) in [7, 11) is 2.14. The van der Waals surface area contributed by atoms with Gasteiger partial charge >= 0.3 is 5.97 Å². The van der Waals surface area contributed by atoms with Gasteiger partial charge in [0.05, 0.1) is 6.42 Å². The van der Waals surface area contributed by atoms with Crippen LogP contribution >= 0.6 is 0 Å². The van der Waals surface area contributed by atoms with E-state index in [1.54, 1.807) is 0 Å². The number of carboxylic acids is 1. The lowest BCUT2D eigenvalue weighted by Gasteiger charge is -2.38. The number of benzene rings is 1. The Hall–Kier alpha value is -1.55. The second-order valence-electron chi connectivity index (χ2n) is 5.71. The Bertz CT molecular complexity index is 436. The zero-order valence-corrected chi connectivity index (χ0v) is 12.4. The molecule has 0 unspecified atom stereocenters. The molecule has 1 saturated heterocycles. The highest BCUT2D eigenvalue weighted by atomic mass is 16.4. The normalized spacial score (nSPS) is 17.1. The first-order valence-corrected chi connectivity index (χ1v) is 7.30. The molecule has 1 aromatic rings. The first-order valence-electron chi connectivity index (χ1n) is 7.30. The summed E-state index contributed by atoms with van der Waals surface area (Å²) in [6.07, 6.45) is 2.40. The predicted octanol–water partition coefficient (Wildman–Crippen LogP) is 2.37. The third kappa shape index (κ3) is 3.97. The van der Waals surface area contributed by atoms with E-state index in [9.17, 15) is 4.79 Å². The van der Waals surface area contributed by atoms with E-state index < -0.39 is 5.97 Å². The summed E-state index contributed by atoms with van der Waals surface area (Å²) in [5, 5.41) is 8.96. The van der Waals surface area contributed by atoms with Gasteiger partial charge in [-0.05, 0) is 52.0 Å². The minimum absolute atomic E-state index is 0.195. The Labute approximate surface area is 121 Å². The third-order valence-corrected chi connectivity index (χ3v) is 4.06. The Kier molecular flexibility index (Phi) is 5.01. The maximum atomic E-state index is 10.9. The van der Waals surface area contributed by atoms with E-state index in [-0.39, 0.29) is 6.42 Å². The Balaban J connectivity index is 2.11. The van der Waals surface area contributed by atoms with Crippen molar-refractivity contribution in [1.82, 2.24) is 4.90 Å². The lowest BCUT2D eigenvalue weighted by atomic mass is 10.0. The zero-order valence-electron chi connectivity index (χ0n) is 12.4. The van der Waals surface area contributed by atoms with Crippen molar-refractivity contribution in [3.63, 3.8) is 0 Å². The molecule has 1 aliphatic rings. The fourth-order valence-corrected chi connectivity index (χ4v) is 2.78. The molecule has 20 heavy (non-hydrogen) atoms. The number of carbonyl (C=O) groups is 1. The molecule has 1 aliphatic heterocycles. The first kappa shape index (κ1) is 14.9. The predicted molar refractivity (Wildman–Crippen MR) is 81.3 cm³/mol. The van der Waals surface area contributed by atoms with Crippen molar-refractivity contribution in [1.29, 1.82) is 0 Å². The highest BCUT2D eigenvalue weighted by Gasteiger charge is 2.23. The summed E-state index contributed by atoms with van der Waals surface area (Å²) in [5.74, 6) is -0.727. The molecule has 0 saturated carbocycles. The second-order valence-corrected chi connectivity index (χ2v) is 5.71. The van der Waals surface area contributed by atoms with Crippen molar-refractivity contribution >= 4 is 11.7 Å². The highest BCUT2D eigenvalue weighted by Crippen LogP contribution is 2.24. The molecule has 1 N–H and O–H groups in total. The minimum atomic E-state index is -0.727. The van der Waals surface area contributed by atoms with Gasteiger partial charge in [0, 0.05) is 18.3 Å². The van der Waals surface area contributed by atoms with E-state index in [1.165, 1.54) is 5.56 Å². The van der Waals surface area contributed by atoms with Gasteiger partial charge in [-0.2, -0.15) is 0 Å². The number of piperidine rings is 1. The van der Waals surface area contributed by atoms with Crippen LogP contribution in [0.4, 0.5) is 5.69 Å². The van der Waals surface area contributed by atoms with Crippen LogP contribution in [0.15, 0.2) is 24.3 Å². The largest absolute Gasteiger partial charge is 0.481 e. The Morgan fingerprint density at radius 1 is 1.30 bits per heavy atom. The van der Waals surface area contributed by atoms with E-state index in [4.69, 9.17) is 5.11 Å². The number of aliphatic carboxylic acids is 1. The third-order valence-electron chi connectivity index (χ3n) is 4.06. The Morgan fingerprint density at radius 2 is 1.90 bits per heavy atom. The highest BCUT2D eigenvalue weighted by molar-refractivity contribution is 5.67. The number of aryl methyl sites for hydroxylation is 1. The Morgan fingerprint density at radius 3 is 2.45 bits per heavy atom. The molecule has 1 fully saturated rings. The fraction of sp³-hybridized carbons (Fsp3) is 0.562. The topological polar surface area (TPSA) is 43.8 Å². The van der Waals surface area contributed by atoms with Gasteiger partial charge in [-0.3, -0.25) is 4.79 Å². The van der Waals surface area contributed by atoms with Crippen LogP contribution in [0, 0.1) is 6.92 Å². The molecular weight excluding hydrogens is 252 g/mol. The van der Waals surface area contributed by atoms with E-state index in [0.29, 0.717) is 12.6 Å². The van der Waals surface area contributed by atoms with Crippen molar-refractivity contribution < 1.29 is 9.90 Å². The van der Waals surface area contributed by atoms with Gasteiger partial charge in [0.25, 0.3) is 0 Å². The quantitative estimate of drug-likeness (QED) is 0.896. The summed E-state index contributed by atoms with van der Waals surface area (Å²) in [6, 6.07) is 8.86. The average molecular weight is 276 g/mol. The SMILES string of the molecule is Cc1ccc(N(CCC(=O)O)C2CCN(C)CC2)cc1. The second kappa shape index (κ2) is 6.75. The molecule has 1 aromatic carbocycles. The van der Waals surface area contributed by atoms with Crippen molar-refractivity contribution in [3.05, 3.63) is 29.8 Å². The van der Waals surface area contributed by atoms with E-state index in [1.807, 2.05) is 0 Å². The van der Waals surface area contributed by atoms with Gasteiger partial charge in [0.1, 0.15) is 0 Å². The molecule has 4 heteroatoms. The molecule has 0 atom stereocenters. The molecule has 0 amide bonds. The van der Waals surface area contributed by atoms with Gasteiger partial charge in [0.2, 0.25) is 0 Å². The van der Waals surface area contributed by atoms with Gasteiger partial charge in [0.15, 0.2) is 0 Å². The molecule has 4 nitrogen and oxygen atoms in total. The number of carboxylic acid groups (broad SMARTS) is 1. The maximum Gasteiger partial charge on any atom is 0.305 e. The van der Waals surface area contributed by atoms with Crippen LogP contribution in [0.5, 0.6) is 0 Å². The molecule has 0 aromatic heterocycles. The smallest absolute Gasteiger partial charge is 0.305 e. The molecule has 0 bridgehead atoms. The van der Waals surface area contributed by atoms with E-state index in [0.717, 1.165) is 31.6 Å². The van der Waals surface area contributed by atoms with E-state index >= 15 is 0 Å². The van der Waals surface area contributed by atoms with Gasteiger partial charge < -0.3 is 14.9 Å². The number of hydrogen-bond donors (Lipinski definition) is 1. The zero-order chi connectivity index (χ0) is 14.5. The van der Waals surface area contributed by atoms with Crippen LogP contribution in [-0.2, 0) is 4.79 Å². The van der Waals surface area contributed by atoms with E-state index in [2.05, 4.69) is 48.0 Å². The summed E-state index contributed by atoms with van der Waals surface area (Å²) in [4.78, 5) is 15.5. The van der Waals surface area contributed by atoms with Crippen molar-refractivity contribution in [2.75, 3.05) is 31.6 Å². The van der Waals surface area contributed by atoms with Gasteiger partial charge in [-0.25, -0.2) is 0 Å². The van der Waals surface area contributed by atoms with Crippen LogP contribution in [0.1, 0.15) is 24.8 Å². The van der Waals surface area contributed by atoms with Crippen molar-refractivity contribution in [3.8, 4) is 0 Å². The monoisotopic (exact) mass is 276 g/mol. The van der Waals surface area contributed by atoms with Crippen LogP contribution in [-0.4, -0.2) is 48.7 Å². The lowest BCUT2D eigenvalue weighted by molar-refractivity contribution is -0.136.